The Morgan fingerprint density at radius 3 is 2.42 bits per heavy atom. The Balaban J connectivity index is 2.89. The summed E-state index contributed by atoms with van der Waals surface area (Å²) < 4.78 is 11.0. The van der Waals surface area contributed by atoms with Gasteiger partial charge in [0.2, 0.25) is 0 Å². The zero-order chi connectivity index (χ0) is 14.5. The van der Waals surface area contributed by atoms with Crippen molar-refractivity contribution in [1.29, 1.82) is 0 Å². The highest BCUT2D eigenvalue weighted by Crippen LogP contribution is 2.33. The maximum absolute atomic E-state index is 6.29. The largest absolute Gasteiger partial charge is 0.493 e. The average Bonchev–Trinajstić information content (AvgIpc) is 2.33. The first kappa shape index (κ1) is 16.1. The number of benzene rings is 1. The quantitative estimate of drug-likeness (QED) is 0.856. The summed E-state index contributed by atoms with van der Waals surface area (Å²) >= 11 is 6.29. The third-order valence-electron chi connectivity index (χ3n) is 2.60. The van der Waals surface area contributed by atoms with Crippen LogP contribution in [0.3, 0.4) is 0 Å². The molecule has 3 nitrogen and oxygen atoms in total. The third-order valence-corrected chi connectivity index (χ3v) is 2.96. The molecule has 0 saturated heterocycles. The lowest BCUT2D eigenvalue weighted by molar-refractivity contribution is 0.294. The van der Waals surface area contributed by atoms with E-state index in [-0.39, 0.29) is 5.54 Å². The molecule has 0 atom stereocenters. The summed E-state index contributed by atoms with van der Waals surface area (Å²) in [4.78, 5) is 0. The number of rotatable bonds is 6. The van der Waals surface area contributed by atoms with Crippen molar-refractivity contribution in [2.75, 3.05) is 13.7 Å². The monoisotopic (exact) mass is 285 g/mol. The average molecular weight is 286 g/mol. The molecule has 4 heteroatoms. The first-order valence-corrected chi connectivity index (χ1v) is 6.99. The topological polar surface area (TPSA) is 30.5 Å². The zero-order valence-corrected chi connectivity index (χ0v) is 13.2. The van der Waals surface area contributed by atoms with Gasteiger partial charge in [-0.15, -0.1) is 0 Å². The predicted octanol–water partition coefficient (Wildman–Crippen LogP) is 4.03. The van der Waals surface area contributed by atoms with E-state index in [1.807, 2.05) is 12.1 Å². The van der Waals surface area contributed by atoms with Crippen LogP contribution in [0.4, 0.5) is 0 Å². The Labute approximate surface area is 121 Å². The van der Waals surface area contributed by atoms with Crippen LogP contribution >= 0.6 is 11.6 Å². The molecule has 0 amide bonds. The third kappa shape index (κ3) is 5.29. The van der Waals surface area contributed by atoms with Crippen LogP contribution in [0.2, 0.25) is 5.02 Å². The van der Waals surface area contributed by atoms with Crippen molar-refractivity contribution < 1.29 is 9.47 Å². The van der Waals surface area contributed by atoms with Gasteiger partial charge in [-0.1, -0.05) is 18.5 Å². The normalized spacial score (nSPS) is 11.5. The summed E-state index contributed by atoms with van der Waals surface area (Å²) in [6.07, 6.45) is 0.952. The number of nitrogens with one attached hydrogen (secondary N) is 1. The molecule has 19 heavy (non-hydrogen) atoms. The van der Waals surface area contributed by atoms with Crippen molar-refractivity contribution in [3.05, 3.63) is 22.7 Å². The first-order valence-electron chi connectivity index (χ1n) is 6.61. The van der Waals surface area contributed by atoms with Crippen LogP contribution in [-0.2, 0) is 6.54 Å². The molecule has 0 unspecified atom stereocenters. The molecule has 0 bridgehead atoms. The highest BCUT2D eigenvalue weighted by atomic mass is 35.5. The number of halogens is 1. The van der Waals surface area contributed by atoms with E-state index < -0.39 is 0 Å². The van der Waals surface area contributed by atoms with Crippen LogP contribution in [0.1, 0.15) is 39.7 Å². The van der Waals surface area contributed by atoms with E-state index >= 15 is 0 Å². The maximum Gasteiger partial charge on any atom is 0.162 e. The summed E-state index contributed by atoms with van der Waals surface area (Å²) in [5.41, 5.74) is 1.06. The molecular formula is C15H24ClNO2. The highest BCUT2D eigenvalue weighted by molar-refractivity contribution is 6.31. The van der Waals surface area contributed by atoms with E-state index in [0.29, 0.717) is 23.9 Å². The Hall–Kier alpha value is -0.930. The van der Waals surface area contributed by atoms with Gasteiger partial charge in [0.25, 0.3) is 0 Å². The van der Waals surface area contributed by atoms with E-state index in [9.17, 15) is 0 Å². The number of methoxy groups -OCH3 is 1. The summed E-state index contributed by atoms with van der Waals surface area (Å²) in [5, 5.41) is 4.11. The first-order chi connectivity index (χ1) is 8.87. The van der Waals surface area contributed by atoms with E-state index in [1.54, 1.807) is 7.11 Å². The molecule has 0 aliphatic heterocycles. The van der Waals surface area contributed by atoms with Gasteiger partial charge in [-0.05, 0) is 38.8 Å². The number of hydrogen-bond donors (Lipinski definition) is 1. The van der Waals surface area contributed by atoms with Crippen molar-refractivity contribution in [3.8, 4) is 11.5 Å². The standard InChI is InChI=1S/C15H24ClNO2/c1-6-7-19-14-9-12(16)11(8-13(14)18-5)10-17-15(2,3)4/h8-9,17H,6-7,10H2,1-5H3. The van der Waals surface area contributed by atoms with Crippen LogP contribution in [0.5, 0.6) is 11.5 Å². The van der Waals surface area contributed by atoms with Gasteiger partial charge in [-0.25, -0.2) is 0 Å². The molecule has 0 spiro atoms. The highest BCUT2D eigenvalue weighted by Gasteiger charge is 2.13. The molecule has 1 aromatic rings. The van der Waals surface area contributed by atoms with Gasteiger partial charge in [0.05, 0.1) is 13.7 Å². The van der Waals surface area contributed by atoms with Gasteiger partial charge in [0.15, 0.2) is 11.5 Å². The molecule has 108 valence electrons. The molecule has 1 aromatic carbocycles. The van der Waals surface area contributed by atoms with E-state index in [1.165, 1.54) is 0 Å². The van der Waals surface area contributed by atoms with Gasteiger partial charge in [-0.2, -0.15) is 0 Å². The van der Waals surface area contributed by atoms with Crippen molar-refractivity contribution in [1.82, 2.24) is 5.32 Å². The summed E-state index contributed by atoms with van der Waals surface area (Å²) in [5.74, 6) is 1.43. The Kier molecular flexibility index (Phi) is 5.95. The molecule has 0 aliphatic carbocycles. The van der Waals surface area contributed by atoms with Gasteiger partial charge in [-0.3, -0.25) is 0 Å². The molecule has 1 N–H and O–H groups in total. The SMILES string of the molecule is CCCOc1cc(Cl)c(CNC(C)(C)C)cc1OC. The molecule has 0 saturated carbocycles. The van der Waals surface area contributed by atoms with Gasteiger partial charge >= 0.3 is 0 Å². The van der Waals surface area contributed by atoms with E-state index in [4.69, 9.17) is 21.1 Å². The lowest BCUT2D eigenvalue weighted by Gasteiger charge is -2.21. The number of ether oxygens (including phenoxy) is 2. The molecule has 0 aromatic heterocycles. The van der Waals surface area contributed by atoms with Crippen LogP contribution in [0.25, 0.3) is 0 Å². The van der Waals surface area contributed by atoms with E-state index in [2.05, 4.69) is 33.0 Å². The molecule has 0 radical (unpaired) electrons. The molecule has 0 fully saturated rings. The molecule has 0 aliphatic rings. The Morgan fingerprint density at radius 2 is 1.89 bits per heavy atom. The van der Waals surface area contributed by atoms with Gasteiger partial charge < -0.3 is 14.8 Å². The Bertz CT molecular complexity index is 413. The fourth-order valence-electron chi connectivity index (χ4n) is 1.56. The minimum absolute atomic E-state index is 0.0495. The van der Waals surface area contributed by atoms with Crippen molar-refractivity contribution >= 4 is 11.6 Å². The fourth-order valence-corrected chi connectivity index (χ4v) is 1.78. The van der Waals surface area contributed by atoms with Crippen LogP contribution in [0.15, 0.2) is 12.1 Å². The van der Waals surface area contributed by atoms with E-state index in [0.717, 1.165) is 17.7 Å². The minimum Gasteiger partial charge on any atom is -0.493 e. The van der Waals surface area contributed by atoms with Gasteiger partial charge in [0.1, 0.15) is 0 Å². The van der Waals surface area contributed by atoms with Gasteiger partial charge in [0, 0.05) is 23.2 Å². The second-order valence-corrected chi connectivity index (χ2v) is 5.95. The maximum atomic E-state index is 6.29. The lowest BCUT2D eigenvalue weighted by atomic mass is 10.1. The second kappa shape index (κ2) is 7.01. The summed E-state index contributed by atoms with van der Waals surface area (Å²) in [6, 6.07) is 3.77. The fraction of sp³-hybridized carbons (Fsp3) is 0.600. The number of hydrogen-bond acceptors (Lipinski definition) is 3. The summed E-state index contributed by atoms with van der Waals surface area (Å²) in [6.45, 7) is 9.79. The predicted molar refractivity (Wildman–Crippen MR) is 80.4 cm³/mol. The van der Waals surface area contributed by atoms with Crippen molar-refractivity contribution in [2.24, 2.45) is 0 Å². The van der Waals surface area contributed by atoms with Crippen LogP contribution in [0, 0.1) is 0 Å². The summed E-state index contributed by atoms with van der Waals surface area (Å²) in [7, 11) is 1.64. The molecular weight excluding hydrogens is 262 g/mol. The Morgan fingerprint density at radius 1 is 1.21 bits per heavy atom. The minimum atomic E-state index is 0.0495. The lowest BCUT2D eigenvalue weighted by Crippen LogP contribution is -2.35. The van der Waals surface area contributed by atoms with Crippen LogP contribution < -0.4 is 14.8 Å². The molecule has 0 heterocycles. The second-order valence-electron chi connectivity index (χ2n) is 5.55. The molecule has 1 rings (SSSR count). The van der Waals surface area contributed by atoms with Crippen molar-refractivity contribution in [2.45, 2.75) is 46.2 Å². The smallest absolute Gasteiger partial charge is 0.162 e. The zero-order valence-electron chi connectivity index (χ0n) is 12.5. The van der Waals surface area contributed by atoms with Crippen LogP contribution in [-0.4, -0.2) is 19.3 Å². The van der Waals surface area contributed by atoms with Crippen molar-refractivity contribution in [3.63, 3.8) is 0 Å².